The lowest BCUT2D eigenvalue weighted by molar-refractivity contribution is 0.411. The zero-order valence-corrected chi connectivity index (χ0v) is 31.5. The summed E-state index contributed by atoms with van der Waals surface area (Å²) < 4.78 is 11.5. The van der Waals surface area contributed by atoms with E-state index >= 15 is 0 Å². The molecule has 0 aliphatic carbocycles. The standard InChI is InChI=1S/C51H34N4OS/c1-3-13-31(14-4-1)49-52-50(32-15-5-2-6-16-32)54-51(53-49)39-20-12-24-45-47(39)40-29-33(26-28-44(40)56-45)34-25-27-37-38-19-11-23-43(48(38)57-46(37)30-34)55-41-21-9-7-17-35(41)36-18-8-10-22-42(36)55/h1-30,49,51,53H,(H,52,54). The molecule has 0 spiro atoms. The van der Waals surface area contributed by atoms with Gasteiger partial charge in [-0.2, -0.15) is 0 Å². The Hall–Kier alpha value is -6.99. The average Bonchev–Trinajstić information content (AvgIpc) is 3.96. The summed E-state index contributed by atoms with van der Waals surface area (Å²) in [5, 5.41) is 14.8. The number of aromatic nitrogens is 1. The summed E-state index contributed by atoms with van der Waals surface area (Å²) in [6.45, 7) is 0. The quantitative estimate of drug-likeness (QED) is 0.184. The Labute approximate surface area is 332 Å². The molecule has 0 saturated carbocycles. The average molecular weight is 751 g/mol. The molecule has 11 aromatic rings. The molecule has 0 radical (unpaired) electrons. The number of nitrogens with one attached hydrogen (secondary N) is 2. The smallest absolute Gasteiger partial charge is 0.135 e. The predicted octanol–water partition coefficient (Wildman–Crippen LogP) is 13.1. The van der Waals surface area contributed by atoms with Crippen molar-refractivity contribution in [2.45, 2.75) is 12.3 Å². The maximum Gasteiger partial charge on any atom is 0.135 e. The first kappa shape index (κ1) is 32.3. The molecule has 0 fully saturated rings. The van der Waals surface area contributed by atoms with Gasteiger partial charge in [-0.1, -0.05) is 140 Å². The van der Waals surface area contributed by atoms with Crippen LogP contribution in [0.1, 0.15) is 29.0 Å². The molecule has 2 unspecified atom stereocenters. The number of furan rings is 1. The summed E-state index contributed by atoms with van der Waals surface area (Å²) in [4.78, 5) is 5.14. The van der Waals surface area contributed by atoms with Crippen molar-refractivity contribution in [1.29, 1.82) is 0 Å². The highest BCUT2D eigenvalue weighted by Gasteiger charge is 2.28. The normalized spacial score (nSPS) is 15.9. The van der Waals surface area contributed by atoms with Crippen LogP contribution in [-0.4, -0.2) is 10.4 Å². The van der Waals surface area contributed by atoms with E-state index in [0.29, 0.717) is 0 Å². The maximum atomic E-state index is 6.53. The van der Waals surface area contributed by atoms with E-state index in [1.54, 1.807) is 0 Å². The molecule has 4 heterocycles. The van der Waals surface area contributed by atoms with Crippen molar-refractivity contribution in [1.82, 2.24) is 15.2 Å². The Balaban J connectivity index is 0.975. The number of benzene rings is 8. The molecule has 5 nitrogen and oxygen atoms in total. The molecule has 1 aliphatic heterocycles. The molecule has 12 rings (SSSR count). The zero-order valence-electron chi connectivity index (χ0n) is 30.7. The van der Waals surface area contributed by atoms with Gasteiger partial charge in [0.1, 0.15) is 29.3 Å². The fourth-order valence-corrected chi connectivity index (χ4v) is 10.1. The maximum absolute atomic E-state index is 6.53. The van der Waals surface area contributed by atoms with Crippen LogP contribution in [0.2, 0.25) is 0 Å². The van der Waals surface area contributed by atoms with Gasteiger partial charge < -0.3 is 14.3 Å². The molecule has 0 bridgehead atoms. The highest BCUT2D eigenvalue weighted by atomic mass is 32.1. The van der Waals surface area contributed by atoms with Gasteiger partial charge in [-0.05, 0) is 59.2 Å². The van der Waals surface area contributed by atoms with E-state index in [4.69, 9.17) is 9.41 Å². The number of nitrogens with zero attached hydrogens (tertiary/aromatic N) is 2. The number of thiophene rings is 1. The van der Waals surface area contributed by atoms with Crippen molar-refractivity contribution < 1.29 is 4.42 Å². The molecule has 1 aliphatic rings. The molecule has 0 saturated heterocycles. The minimum Gasteiger partial charge on any atom is -0.456 e. The lowest BCUT2D eigenvalue weighted by Gasteiger charge is -2.32. The monoisotopic (exact) mass is 750 g/mol. The van der Waals surface area contributed by atoms with Crippen LogP contribution in [0, 0.1) is 0 Å². The van der Waals surface area contributed by atoms with Gasteiger partial charge in [0.25, 0.3) is 0 Å². The van der Waals surface area contributed by atoms with E-state index in [0.717, 1.165) is 50.0 Å². The third-order valence-electron chi connectivity index (χ3n) is 11.5. The van der Waals surface area contributed by atoms with Crippen LogP contribution >= 0.6 is 11.3 Å². The topological polar surface area (TPSA) is 54.5 Å². The first-order valence-electron chi connectivity index (χ1n) is 19.4. The summed E-state index contributed by atoms with van der Waals surface area (Å²) in [5.74, 6) is 0.858. The molecule has 270 valence electrons. The number of amidine groups is 1. The first-order chi connectivity index (χ1) is 28.2. The highest BCUT2D eigenvalue weighted by molar-refractivity contribution is 7.26. The van der Waals surface area contributed by atoms with E-state index < -0.39 is 0 Å². The Kier molecular flexibility index (Phi) is 7.24. The van der Waals surface area contributed by atoms with Crippen LogP contribution in [0.5, 0.6) is 0 Å². The molecule has 6 heteroatoms. The summed E-state index contributed by atoms with van der Waals surface area (Å²) in [6.07, 6.45) is -0.435. The number of hydrogen-bond acceptors (Lipinski definition) is 5. The minimum atomic E-state index is -0.222. The third-order valence-corrected chi connectivity index (χ3v) is 12.7. The Morgan fingerprint density at radius 3 is 2.02 bits per heavy atom. The van der Waals surface area contributed by atoms with Gasteiger partial charge in [-0.15, -0.1) is 11.3 Å². The van der Waals surface area contributed by atoms with Crippen molar-refractivity contribution in [3.8, 4) is 16.8 Å². The van der Waals surface area contributed by atoms with Gasteiger partial charge in [0.15, 0.2) is 0 Å². The number of para-hydroxylation sites is 2. The fourth-order valence-electron chi connectivity index (χ4n) is 8.86. The van der Waals surface area contributed by atoms with Gasteiger partial charge in [-0.25, -0.2) is 4.99 Å². The van der Waals surface area contributed by atoms with Crippen LogP contribution in [0.4, 0.5) is 0 Å². The van der Waals surface area contributed by atoms with Crippen LogP contribution < -0.4 is 10.6 Å². The highest BCUT2D eigenvalue weighted by Crippen LogP contribution is 2.43. The predicted molar refractivity (Wildman–Crippen MR) is 238 cm³/mol. The van der Waals surface area contributed by atoms with Gasteiger partial charge in [0.05, 0.1) is 21.4 Å². The number of fused-ring (bicyclic) bond motifs is 9. The Morgan fingerprint density at radius 2 is 1.21 bits per heavy atom. The molecule has 57 heavy (non-hydrogen) atoms. The number of aliphatic imine (C=N–C) groups is 1. The molecule has 3 aromatic heterocycles. The largest absolute Gasteiger partial charge is 0.456 e. The molecule has 2 N–H and O–H groups in total. The third kappa shape index (κ3) is 5.15. The van der Waals surface area contributed by atoms with E-state index in [1.165, 1.54) is 53.2 Å². The summed E-state index contributed by atoms with van der Waals surface area (Å²) in [6, 6.07) is 64.9. The van der Waals surface area contributed by atoms with E-state index in [1.807, 2.05) is 23.5 Å². The summed E-state index contributed by atoms with van der Waals surface area (Å²) in [5.41, 5.74) is 11.0. The fraction of sp³-hybridized carbons (Fsp3) is 0.0392. The van der Waals surface area contributed by atoms with Crippen molar-refractivity contribution in [3.63, 3.8) is 0 Å². The van der Waals surface area contributed by atoms with Crippen LogP contribution in [0.3, 0.4) is 0 Å². The lowest BCUT2D eigenvalue weighted by atomic mass is 9.98. The van der Waals surface area contributed by atoms with Crippen molar-refractivity contribution in [3.05, 3.63) is 199 Å². The zero-order chi connectivity index (χ0) is 37.5. The SMILES string of the molecule is c1ccc(C2=NC(c3ccccc3)NC(c3cccc4oc5ccc(-c6ccc7c(c6)sc6c(-n8c9ccccc9c9ccccc98)cccc67)cc5c34)N2)cc1. The van der Waals surface area contributed by atoms with Crippen LogP contribution in [-0.2, 0) is 0 Å². The van der Waals surface area contributed by atoms with E-state index in [-0.39, 0.29) is 12.3 Å². The van der Waals surface area contributed by atoms with Crippen LogP contribution in [0.25, 0.3) is 80.7 Å². The molecule has 0 amide bonds. The second-order valence-electron chi connectivity index (χ2n) is 14.8. The second kappa shape index (κ2) is 12.8. The molecule has 8 aromatic carbocycles. The van der Waals surface area contributed by atoms with E-state index in [2.05, 4.69) is 185 Å². The number of hydrogen-bond donors (Lipinski definition) is 2. The Bertz CT molecular complexity index is 3320. The minimum absolute atomic E-state index is 0.213. The van der Waals surface area contributed by atoms with E-state index in [9.17, 15) is 0 Å². The Morgan fingerprint density at radius 1 is 0.526 bits per heavy atom. The van der Waals surface area contributed by atoms with Gasteiger partial charge in [-0.3, -0.25) is 5.32 Å². The number of rotatable bonds is 5. The van der Waals surface area contributed by atoms with Gasteiger partial charge >= 0.3 is 0 Å². The van der Waals surface area contributed by atoms with Crippen LogP contribution in [0.15, 0.2) is 191 Å². The van der Waals surface area contributed by atoms with Gasteiger partial charge in [0, 0.05) is 48.1 Å². The molecule has 2 atom stereocenters. The second-order valence-corrected chi connectivity index (χ2v) is 15.8. The summed E-state index contributed by atoms with van der Waals surface area (Å²) in [7, 11) is 0. The first-order valence-corrected chi connectivity index (χ1v) is 20.2. The summed E-state index contributed by atoms with van der Waals surface area (Å²) >= 11 is 1.87. The van der Waals surface area contributed by atoms with Crippen molar-refractivity contribution >= 4 is 81.1 Å². The molecular weight excluding hydrogens is 717 g/mol. The van der Waals surface area contributed by atoms with Gasteiger partial charge in [0.2, 0.25) is 0 Å². The van der Waals surface area contributed by atoms with Crippen molar-refractivity contribution in [2.24, 2.45) is 4.99 Å². The lowest BCUT2D eigenvalue weighted by Crippen LogP contribution is -2.45. The van der Waals surface area contributed by atoms with Crippen molar-refractivity contribution in [2.75, 3.05) is 0 Å². The molecular formula is C51H34N4OS.